The van der Waals surface area contributed by atoms with Crippen molar-refractivity contribution in [3.05, 3.63) is 30.1 Å². The van der Waals surface area contributed by atoms with Gasteiger partial charge in [-0.1, -0.05) is 26.0 Å². The fraction of sp³-hybridized carbons (Fsp3) is 0.611. The minimum Gasteiger partial charge on any atom is -0.340 e. The van der Waals surface area contributed by atoms with Crippen molar-refractivity contribution in [3.63, 3.8) is 0 Å². The van der Waals surface area contributed by atoms with Crippen molar-refractivity contribution in [3.8, 4) is 0 Å². The summed E-state index contributed by atoms with van der Waals surface area (Å²) < 4.78 is 41.6. The largest absolute Gasteiger partial charge is 0.340 e. The van der Waals surface area contributed by atoms with E-state index < -0.39 is 26.8 Å². The number of benzene rings is 1. The molecule has 1 aromatic carbocycles. The Balaban J connectivity index is 0.00000261. The minimum absolute atomic E-state index is 0. The summed E-state index contributed by atoms with van der Waals surface area (Å²) in [5.41, 5.74) is 0. The summed E-state index contributed by atoms with van der Waals surface area (Å²) in [7, 11) is -4.13. The molecule has 1 aromatic rings. The van der Waals surface area contributed by atoms with Crippen LogP contribution in [0.4, 0.5) is 4.39 Å². The van der Waals surface area contributed by atoms with Crippen LogP contribution in [0.3, 0.4) is 0 Å². The van der Waals surface area contributed by atoms with Crippen molar-refractivity contribution in [2.75, 3.05) is 13.1 Å². The predicted molar refractivity (Wildman–Crippen MR) is 104 cm³/mol. The molecular weight excluding hydrogens is 393 g/mol. The molecule has 9 heteroatoms. The Kier molecular flexibility index (Phi) is 7.24. The van der Waals surface area contributed by atoms with E-state index in [1.807, 2.05) is 0 Å². The van der Waals surface area contributed by atoms with Gasteiger partial charge in [0.1, 0.15) is 16.8 Å². The lowest BCUT2D eigenvalue weighted by molar-refractivity contribution is -0.134. The molecule has 2 aliphatic rings. The fourth-order valence-electron chi connectivity index (χ4n) is 3.70. The van der Waals surface area contributed by atoms with E-state index in [1.165, 1.54) is 18.2 Å². The first-order valence-electron chi connectivity index (χ1n) is 9.09. The number of likely N-dealkylation sites (tertiary alicyclic amines) is 1. The number of hydrogen-bond donors (Lipinski definition) is 2. The zero-order valence-electron chi connectivity index (χ0n) is 15.5. The zero-order chi connectivity index (χ0) is 18.9. The van der Waals surface area contributed by atoms with Crippen LogP contribution in [0.15, 0.2) is 29.2 Å². The number of nitrogens with zero attached hydrogens (tertiary/aromatic N) is 1. The van der Waals surface area contributed by atoms with Crippen molar-refractivity contribution in [2.24, 2.45) is 5.92 Å². The van der Waals surface area contributed by atoms with E-state index in [2.05, 4.69) is 10.0 Å². The lowest BCUT2D eigenvalue weighted by atomic mass is 10.0. The summed E-state index contributed by atoms with van der Waals surface area (Å²) in [6.45, 7) is 4.76. The molecular formula is C18H27ClFN3O3S. The van der Waals surface area contributed by atoms with Gasteiger partial charge in [0.15, 0.2) is 0 Å². The van der Waals surface area contributed by atoms with E-state index in [-0.39, 0.29) is 30.3 Å². The third-order valence-corrected chi connectivity index (χ3v) is 6.65. The van der Waals surface area contributed by atoms with E-state index in [0.29, 0.717) is 19.1 Å². The number of amides is 1. The van der Waals surface area contributed by atoms with Crippen LogP contribution < -0.4 is 10.0 Å². The maximum absolute atomic E-state index is 13.9. The zero-order valence-corrected chi connectivity index (χ0v) is 17.2. The highest BCUT2D eigenvalue weighted by Gasteiger charge is 2.36. The summed E-state index contributed by atoms with van der Waals surface area (Å²) in [6, 6.07) is 4.97. The number of hydrogen-bond acceptors (Lipinski definition) is 4. The van der Waals surface area contributed by atoms with Gasteiger partial charge in [-0.25, -0.2) is 12.8 Å². The van der Waals surface area contributed by atoms with E-state index >= 15 is 0 Å². The fourth-order valence-corrected chi connectivity index (χ4v) is 5.12. The highest BCUT2D eigenvalue weighted by Crippen LogP contribution is 2.22. The van der Waals surface area contributed by atoms with Crippen LogP contribution in [-0.2, 0) is 14.8 Å². The summed E-state index contributed by atoms with van der Waals surface area (Å²) in [5, 5.41) is 3.51. The number of nitrogens with one attached hydrogen (secondary N) is 2. The molecule has 2 heterocycles. The lowest BCUT2D eigenvalue weighted by Gasteiger charge is -2.30. The second-order valence-corrected chi connectivity index (χ2v) is 9.17. The first kappa shape index (κ1) is 22.1. The van der Waals surface area contributed by atoms with Crippen molar-refractivity contribution in [1.29, 1.82) is 0 Å². The summed E-state index contributed by atoms with van der Waals surface area (Å²) in [6.07, 6.45) is 3.02. The molecule has 2 bridgehead atoms. The van der Waals surface area contributed by atoms with Gasteiger partial charge in [-0.2, -0.15) is 4.72 Å². The van der Waals surface area contributed by atoms with E-state index in [9.17, 15) is 17.6 Å². The molecule has 0 spiro atoms. The molecule has 27 heavy (non-hydrogen) atoms. The molecule has 152 valence electrons. The quantitative estimate of drug-likeness (QED) is 0.764. The Labute approximate surface area is 166 Å². The summed E-state index contributed by atoms with van der Waals surface area (Å²) in [5.74, 6) is -1.32. The number of halogens is 2. The molecule has 3 rings (SSSR count). The van der Waals surface area contributed by atoms with Gasteiger partial charge in [-0.15, -0.1) is 12.4 Å². The van der Waals surface area contributed by atoms with Crippen LogP contribution in [0, 0.1) is 11.7 Å². The molecule has 3 unspecified atom stereocenters. The minimum atomic E-state index is -4.13. The van der Waals surface area contributed by atoms with Crippen molar-refractivity contribution in [2.45, 2.75) is 56.1 Å². The molecule has 2 aliphatic heterocycles. The molecule has 2 N–H and O–H groups in total. The smallest absolute Gasteiger partial charge is 0.244 e. The molecule has 1 amide bonds. The highest BCUT2D eigenvalue weighted by molar-refractivity contribution is 7.89. The number of carbonyl (C=O) groups excluding carboxylic acids is 1. The number of rotatable bonds is 5. The Morgan fingerprint density at radius 2 is 1.89 bits per heavy atom. The highest BCUT2D eigenvalue weighted by atomic mass is 35.5. The SMILES string of the molecule is CC(C)C(NS(=O)(=O)c1ccccc1F)C(=O)N1CCC2CCC(C1)N2.Cl. The van der Waals surface area contributed by atoms with Gasteiger partial charge in [0, 0.05) is 25.2 Å². The van der Waals surface area contributed by atoms with Crippen molar-refractivity contribution in [1.82, 2.24) is 14.9 Å². The summed E-state index contributed by atoms with van der Waals surface area (Å²) >= 11 is 0. The molecule has 3 atom stereocenters. The van der Waals surface area contributed by atoms with Gasteiger partial charge >= 0.3 is 0 Å². The Bertz CT molecular complexity index is 775. The first-order valence-corrected chi connectivity index (χ1v) is 10.6. The predicted octanol–water partition coefficient (Wildman–Crippen LogP) is 1.90. The molecule has 0 radical (unpaired) electrons. The maximum Gasteiger partial charge on any atom is 0.244 e. The van der Waals surface area contributed by atoms with E-state index in [0.717, 1.165) is 25.3 Å². The molecule has 6 nitrogen and oxygen atoms in total. The van der Waals surface area contributed by atoms with Crippen LogP contribution in [0.25, 0.3) is 0 Å². The molecule has 0 saturated carbocycles. The average molecular weight is 420 g/mol. The van der Waals surface area contributed by atoms with Gasteiger partial charge in [0.25, 0.3) is 0 Å². The monoisotopic (exact) mass is 419 g/mol. The third-order valence-electron chi connectivity index (χ3n) is 5.18. The van der Waals surface area contributed by atoms with Gasteiger partial charge in [0.2, 0.25) is 15.9 Å². The molecule has 0 aromatic heterocycles. The molecule has 2 saturated heterocycles. The molecule has 2 fully saturated rings. The van der Waals surface area contributed by atoms with Crippen LogP contribution in [0.5, 0.6) is 0 Å². The Morgan fingerprint density at radius 3 is 2.56 bits per heavy atom. The van der Waals surface area contributed by atoms with Gasteiger partial charge in [-0.05, 0) is 37.3 Å². The molecule has 0 aliphatic carbocycles. The normalized spacial score (nSPS) is 23.6. The van der Waals surface area contributed by atoms with Crippen LogP contribution in [0.2, 0.25) is 0 Å². The van der Waals surface area contributed by atoms with Gasteiger partial charge in [0.05, 0.1) is 0 Å². The van der Waals surface area contributed by atoms with Gasteiger partial charge < -0.3 is 10.2 Å². The lowest BCUT2D eigenvalue weighted by Crippen LogP contribution is -2.52. The van der Waals surface area contributed by atoms with E-state index in [1.54, 1.807) is 18.7 Å². The topological polar surface area (TPSA) is 78.5 Å². The van der Waals surface area contributed by atoms with Crippen molar-refractivity contribution < 1.29 is 17.6 Å². The first-order chi connectivity index (χ1) is 12.3. The van der Waals surface area contributed by atoms with Gasteiger partial charge in [-0.3, -0.25) is 4.79 Å². The second-order valence-electron chi connectivity index (χ2n) is 7.48. The standard InChI is InChI=1S/C18H26FN3O3S.ClH/c1-12(2)17(21-26(24,25)16-6-4-3-5-15(16)19)18(23)22-10-9-13-7-8-14(11-22)20-13;/h3-6,12-14,17,20-21H,7-11H2,1-2H3;1H. The number of fused-ring (bicyclic) bond motifs is 2. The van der Waals surface area contributed by atoms with Crippen LogP contribution in [0.1, 0.15) is 33.1 Å². The Morgan fingerprint density at radius 1 is 1.22 bits per heavy atom. The second kappa shape index (κ2) is 8.86. The number of sulfonamides is 1. The van der Waals surface area contributed by atoms with Crippen LogP contribution in [-0.4, -0.2) is 50.4 Å². The maximum atomic E-state index is 13.9. The number of carbonyl (C=O) groups is 1. The van der Waals surface area contributed by atoms with Crippen LogP contribution >= 0.6 is 12.4 Å². The Hall–Kier alpha value is -1.22. The third kappa shape index (κ3) is 4.99. The average Bonchev–Trinajstić information content (AvgIpc) is 2.91. The summed E-state index contributed by atoms with van der Waals surface area (Å²) in [4.78, 5) is 14.3. The van der Waals surface area contributed by atoms with E-state index in [4.69, 9.17) is 0 Å². The van der Waals surface area contributed by atoms with Crippen molar-refractivity contribution >= 4 is 28.3 Å².